The summed E-state index contributed by atoms with van der Waals surface area (Å²) in [5.41, 5.74) is 1.45. The molecule has 1 heterocycles. The Kier molecular flexibility index (Phi) is 7.70. The molecule has 0 N–H and O–H groups in total. The quantitative estimate of drug-likeness (QED) is 0.544. The highest BCUT2D eigenvalue weighted by molar-refractivity contribution is 5.96. The van der Waals surface area contributed by atoms with Gasteiger partial charge in [-0.05, 0) is 55.2 Å². The van der Waals surface area contributed by atoms with Gasteiger partial charge in [-0.3, -0.25) is 9.59 Å². The molecule has 1 saturated heterocycles. The lowest BCUT2D eigenvalue weighted by Crippen LogP contribution is -2.57. The van der Waals surface area contributed by atoms with E-state index in [1.54, 1.807) is 41.2 Å². The second kappa shape index (κ2) is 10.9. The molecule has 2 aromatic rings. The maximum absolute atomic E-state index is 13.9. The van der Waals surface area contributed by atoms with Gasteiger partial charge in [0.15, 0.2) is 11.5 Å². The summed E-state index contributed by atoms with van der Waals surface area (Å²) in [6, 6.07) is 10.8. The minimum atomic E-state index is -0.779. The fourth-order valence-electron chi connectivity index (χ4n) is 5.04. The molecule has 7 heteroatoms. The highest BCUT2D eigenvalue weighted by atomic mass is 19.1. The Bertz CT molecular complexity index is 1000. The van der Waals surface area contributed by atoms with E-state index in [0.717, 1.165) is 31.2 Å². The molecule has 1 saturated carbocycles. The van der Waals surface area contributed by atoms with E-state index >= 15 is 0 Å². The van der Waals surface area contributed by atoms with Gasteiger partial charge in [0.2, 0.25) is 5.91 Å². The van der Waals surface area contributed by atoms with Gasteiger partial charge >= 0.3 is 0 Å². The highest BCUT2D eigenvalue weighted by Gasteiger charge is 2.43. The molecule has 34 heavy (non-hydrogen) atoms. The average Bonchev–Trinajstić information content (AvgIpc) is 3.13. The molecule has 0 radical (unpaired) electrons. The standard InChI is InChI=1S/C27H33FN2O4/c1-3-34-23-15-12-20(16-24(23)33-2)26-27(32)29(22-8-6-4-5-7-9-22)18-25(31)30(26)17-19-10-13-21(28)14-11-19/h10-16,22,26H,3-9,17-18H2,1-2H3/t26-/m0/s1. The molecule has 0 aromatic heterocycles. The normalized spacial score (nSPS) is 19.8. The van der Waals surface area contributed by atoms with Gasteiger partial charge in [0, 0.05) is 12.6 Å². The van der Waals surface area contributed by atoms with Crippen LogP contribution in [-0.2, 0) is 16.1 Å². The summed E-state index contributed by atoms with van der Waals surface area (Å²) in [6.07, 6.45) is 6.34. The van der Waals surface area contributed by atoms with Crippen molar-refractivity contribution in [1.29, 1.82) is 0 Å². The zero-order valence-electron chi connectivity index (χ0n) is 20.0. The van der Waals surface area contributed by atoms with Crippen molar-refractivity contribution in [3.8, 4) is 11.5 Å². The maximum Gasteiger partial charge on any atom is 0.250 e. The largest absolute Gasteiger partial charge is 0.493 e. The van der Waals surface area contributed by atoms with Crippen molar-refractivity contribution < 1.29 is 23.5 Å². The predicted octanol–water partition coefficient (Wildman–Crippen LogP) is 4.87. The number of methoxy groups -OCH3 is 1. The number of nitrogens with zero attached hydrogens (tertiary/aromatic N) is 2. The average molecular weight is 469 g/mol. The van der Waals surface area contributed by atoms with Gasteiger partial charge in [-0.25, -0.2) is 4.39 Å². The second-order valence-electron chi connectivity index (χ2n) is 9.01. The first-order valence-corrected chi connectivity index (χ1v) is 12.2. The number of halogens is 1. The molecule has 0 bridgehead atoms. The summed E-state index contributed by atoms with van der Waals surface area (Å²) in [5, 5.41) is 0. The first kappa shape index (κ1) is 24.0. The summed E-state index contributed by atoms with van der Waals surface area (Å²) in [4.78, 5) is 30.8. The smallest absolute Gasteiger partial charge is 0.250 e. The Balaban J connectivity index is 1.71. The van der Waals surface area contributed by atoms with Crippen LogP contribution in [0.15, 0.2) is 42.5 Å². The molecule has 1 aliphatic carbocycles. The zero-order chi connectivity index (χ0) is 24.1. The number of hydrogen-bond donors (Lipinski definition) is 0. The van der Waals surface area contributed by atoms with Crippen LogP contribution in [0, 0.1) is 5.82 Å². The molecule has 182 valence electrons. The molecule has 1 aliphatic heterocycles. The van der Waals surface area contributed by atoms with E-state index < -0.39 is 6.04 Å². The maximum atomic E-state index is 13.9. The van der Waals surface area contributed by atoms with Crippen molar-refractivity contribution in [2.45, 2.75) is 64.1 Å². The van der Waals surface area contributed by atoms with E-state index in [1.807, 2.05) is 13.0 Å². The summed E-state index contributed by atoms with van der Waals surface area (Å²) in [5.74, 6) is 0.602. The molecule has 4 rings (SSSR count). The summed E-state index contributed by atoms with van der Waals surface area (Å²) < 4.78 is 24.6. The minimum Gasteiger partial charge on any atom is -0.493 e. The second-order valence-corrected chi connectivity index (χ2v) is 9.01. The molecule has 1 atom stereocenters. The number of rotatable bonds is 7. The van der Waals surface area contributed by atoms with Gasteiger partial charge < -0.3 is 19.3 Å². The molecule has 2 amide bonds. The zero-order valence-corrected chi connectivity index (χ0v) is 20.0. The van der Waals surface area contributed by atoms with Crippen LogP contribution >= 0.6 is 0 Å². The summed E-state index contributed by atoms with van der Waals surface area (Å²) in [7, 11) is 1.56. The molecule has 0 unspecified atom stereocenters. The SMILES string of the molecule is CCOc1ccc([C@H]2C(=O)N(C3CCCCCC3)CC(=O)N2Cc2ccc(F)cc2)cc1OC. The van der Waals surface area contributed by atoms with Gasteiger partial charge in [-0.1, -0.05) is 43.9 Å². The first-order chi connectivity index (χ1) is 16.5. The molecular formula is C27H33FN2O4. The van der Waals surface area contributed by atoms with Crippen LogP contribution in [0.4, 0.5) is 4.39 Å². The molecule has 2 aromatic carbocycles. The molecule has 0 spiro atoms. The fraction of sp³-hybridized carbons (Fsp3) is 0.481. The molecular weight excluding hydrogens is 435 g/mol. The van der Waals surface area contributed by atoms with Gasteiger partial charge in [0.1, 0.15) is 18.4 Å². The van der Waals surface area contributed by atoms with Crippen LogP contribution in [0.3, 0.4) is 0 Å². The van der Waals surface area contributed by atoms with Crippen LogP contribution in [-0.4, -0.2) is 47.9 Å². The number of piperazine rings is 1. The van der Waals surface area contributed by atoms with Gasteiger partial charge in [-0.15, -0.1) is 0 Å². The van der Waals surface area contributed by atoms with E-state index in [4.69, 9.17) is 9.47 Å². The highest BCUT2D eigenvalue weighted by Crippen LogP contribution is 2.37. The Labute approximate surface area is 200 Å². The Morgan fingerprint density at radius 3 is 2.32 bits per heavy atom. The molecule has 6 nitrogen and oxygen atoms in total. The van der Waals surface area contributed by atoms with Crippen LogP contribution in [0.2, 0.25) is 0 Å². The van der Waals surface area contributed by atoms with Gasteiger partial charge in [0.25, 0.3) is 5.91 Å². The lowest BCUT2D eigenvalue weighted by Gasteiger charge is -2.43. The number of hydrogen-bond acceptors (Lipinski definition) is 4. The van der Waals surface area contributed by atoms with Crippen molar-refractivity contribution in [3.05, 3.63) is 59.4 Å². The van der Waals surface area contributed by atoms with Crippen molar-refractivity contribution in [2.75, 3.05) is 20.3 Å². The third-order valence-corrected chi connectivity index (χ3v) is 6.79. The van der Waals surface area contributed by atoms with Crippen LogP contribution < -0.4 is 9.47 Å². The minimum absolute atomic E-state index is 0.0696. The lowest BCUT2D eigenvalue weighted by molar-refractivity contribution is -0.159. The van der Waals surface area contributed by atoms with Gasteiger partial charge in [-0.2, -0.15) is 0 Å². The van der Waals surface area contributed by atoms with E-state index in [9.17, 15) is 14.0 Å². The van der Waals surface area contributed by atoms with E-state index in [-0.39, 0.29) is 36.8 Å². The Hall–Kier alpha value is -3.09. The predicted molar refractivity (Wildman–Crippen MR) is 127 cm³/mol. The number of amides is 2. The van der Waals surface area contributed by atoms with Crippen LogP contribution in [0.1, 0.15) is 62.6 Å². The van der Waals surface area contributed by atoms with E-state index in [2.05, 4.69) is 0 Å². The lowest BCUT2D eigenvalue weighted by atomic mass is 9.96. The number of carbonyl (C=O) groups excluding carboxylic acids is 2. The third-order valence-electron chi connectivity index (χ3n) is 6.79. The van der Waals surface area contributed by atoms with Crippen molar-refractivity contribution in [1.82, 2.24) is 9.80 Å². The Morgan fingerprint density at radius 2 is 1.68 bits per heavy atom. The van der Waals surface area contributed by atoms with E-state index in [0.29, 0.717) is 23.7 Å². The van der Waals surface area contributed by atoms with Crippen LogP contribution in [0.5, 0.6) is 11.5 Å². The number of benzene rings is 2. The first-order valence-electron chi connectivity index (χ1n) is 12.2. The number of carbonyl (C=O) groups is 2. The topological polar surface area (TPSA) is 59.1 Å². The Morgan fingerprint density at radius 1 is 0.971 bits per heavy atom. The summed E-state index contributed by atoms with van der Waals surface area (Å²) in [6.45, 7) is 2.69. The van der Waals surface area contributed by atoms with Crippen LogP contribution in [0.25, 0.3) is 0 Å². The number of ether oxygens (including phenoxy) is 2. The fourth-order valence-corrected chi connectivity index (χ4v) is 5.04. The molecule has 2 fully saturated rings. The van der Waals surface area contributed by atoms with Crippen molar-refractivity contribution in [3.63, 3.8) is 0 Å². The van der Waals surface area contributed by atoms with Crippen molar-refractivity contribution >= 4 is 11.8 Å². The van der Waals surface area contributed by atoms with Gasteiger partial charge in [0.05, 0.1) is 13.7 Å². The monoisotopic (exact) mass is 468 g/mol. The third kappa shape index (κ3) is 5.18. The van der Waals surface area contributed by atoms with E-state index in [1.165, 1.54) is 25.0 Å². The van der Waals surface area contributed by atoms with Crippen molar-refractivity contribution in [2.24, 2.45) is 0 Å². The molecule has 2 aliphatic rings. The summed E-state index contributed by atoms with van der Waals surface area (Å²) >= 11 is 0.